The predicted octanol–water partition coefficient (Wildman–Crippen LogP) is 4.48. The molecular formula is C20H17N3O. The van der Waals surface area contributed by atoms with Crippen LogP contribution in [0.25, 0.3) is 11.0 Å². The Labute approximate surface area is 140 Å². The average Bonchev–Trinajstić information content (AvgIpc) is 3.14. The summed E-state index contributed by atoms with van der Waals surface area (Å²) in [5.74, 6) is 0. The Morgan fingerprint density at radius 1 is 0.750 bits per heavy atom. The van der Waals surface area contributed by atoms with Gasteiger partial charge in [0.05, 0.1) is 17.4 Å². The van der Waals surface area contributed by atoms with Crippen LogP contribution >= 0.6 is 0 Å². The quantitative estimate of drug-likeness (QED) is 0.325. The molecule has 4 rings (SSSR count). The molecule has 0 radical (unpaired) electrons. The number of para-hydroxylation sites is 2. The fourth-order valence-corrected chi connectivity index (χ4v) is 2.35. The van der Waals surface area contributed by atoms with Gasteiger partial charge in [-0.05, 0) is 12.1 Å². The van der Waals surface area contributed by atoms with E-state index in [1.54, 1.807) is 6.33 Å². The first-order chi connectivity index (χ1) is 11.9. The van der Waals surface area contributed by atoms with E-state index in [0.717, 1.165) is 22.2 Å². The van der Waals surface area contributed by atoms with Crippen LogP contribution in [0, 0.1) is 0 Å². The van der Waals surface area contributed by atoms with Crippen molar-refractivity contribution in [3.63, 3.8) is 0 Å². The number of benzene rings is 3. The number of nitrogens with zero attached hydrogens (tertiary/aromatic N) is 2. The monoisotopic (exact) mass is 315 g/mol. The third kappa shape index (κ3) is 3.67. The van der Waals surface area contributed by atoms with Gasteiger partial charge in [0.25, 0.3) is 0 Å². The van der Waals surface area contributed by atoms with Crippen LogP contribution in [-0.2, 0) is 0 Å². The molecule has 0 aliphatic carbocycles. The van der Waals surface area contributed by atoms with Crippen molar-refractivity contribution in [3.05, 3.63) is 102 Å². The lowest BCUT2D eigenvalue weighted by Crippen LogP contribution is -2.02. The standard InChI is InChI=1S/C13H11NO.C7H6N2/c15-14-13(11-7-3-1-4-8-11)12-9-5-2-6-10-12;1-2-4-7-6(3-1)8-5-9-7/h1-10,15H;1-5H,(H,8,9). The van der Waals surface area contributed by atoms with Crippen LogP contribution in [0.4, 0.5) is 0 Å². The summed E-state index contributed by atoms with van der Waals surface area (Å²) in [5.41, 5.74) is 4.53. The van der Waals surface area contributed by atoms with E-state index < -0.39 is 0 Å². The molecule has 0 aliphatic heterocycles. The largest absolute Gasteiger partial charge is 0.410 e. The van der Waals surface area contributed by atoms with E-state index in [0.29, 0.717) is 5.71 Å². The summed E-state index contributed by atoms with van der Waals surface area (Å²) in [7, 11) is 0. The van der Waals surface area contributed by atoms with Gasteiger partial charge in [0, 0.05) is 11.1 Å². The SMILES string of the molecule is ON=C(c1ccccc1)c1ccccc1.c1ccc2[nH]cnc2c1. The molecule has 0 saturated carbocycles. The number of aromatic amines is 1. The summed E-state index contributed by atoms with van der Waals surface area (Å²) in [6, 6.07) is 27.2. The minimum Gasteiger partial charge on any atom is -0.410 e. The van der Waals surface area contributed by atoms with Gasteiger partial charge in [-0.2, -0.15) is 0 Å². The van der Waals surface area contributed by atoms with Crippen molar-refractivity contribution in [3.8, 4) is 0 Å². The Kier molecular flexibility index (Phi) is 5.00. The number of nitrogens with one attached hydrogen (secondary N) is 1. The maximum Gasteiger partial charge on any atom is 0.117 e. The van der Waals surface area contributed by atoms with Crippen LogP contribution in [0.15, 0.2) is 96.4 Å². The van der Waals surface area contributed by atoms with Gasteiger partial charge in [0.2, 0.25) is 0 Å². The van der Waals surface area contributed by atoms with Gasteiger partial charge in [-0.1, -0.05) is 78.0 Å². The molecule has 0 atom stereocenters. The fraction of sp³-hybridized carbons (Fsp3) is 0. The van der Waals surface area contributed by atoms with E-state index in [-0.39, 0.29) is 0 Å². The van der Waals surface area contributed by atoms with Gasteiger partial charge in [-0.25, -0.2) is 4.98 Å². The van der Waals surface area contributed by atoms with Crippen LogP contribution in [0.3, 0.4) is 0 Å². The number of fused-ring (bicyclic) bond motifs is 1. The molecule has 0 unspecified atom stereocenters. The van der Waals surface area contributed by atoms with Crippen LogP contribution in [0.5, 0.6) is 0 Å². The number of aromatic nitrogens is 2. The first-order valence-corrected chi connectivity index (χ1v) is 7.59. The zero-order chi connectivity index (χ0) is 16.6. The lowest BCUT2D eigenvalue weighted by atomic mass is 10.0. The van der Waals surface area contributed by atoms with Crippen molar-refractivity contribution in [2.75, 3.05) is 0 Å². The highest BCUT2D eigenvalue weighted by molar-refractivity contribution is 6.12. The molecule has 4 aromatic rings. The second kappa shape index (κ2) is 7.74. The molecule has 0 aliphatic rings. The maximum absolute atomic E-state index is 9.02. The lowest BCUT2D eigenvalue weighted by molar-refractivity contribution is 0.319. The Hall–Kier alpha value is -3.40. The number of rotatable bonds is 2. The average molecular weight is 315 g/mol. The van der Waals surface area contributed by atoms with Gasteiger partial charge >= 0.3 is 0 Å². The van der Waals surface area contributed by atoms with Gasteiger partial charge < -0.3 is 10.2 Å². The van der Waals surface area contributed by atoms with Crippen LogP contribution in [0.2, 0.25) is 0 Å². The van der Waals surface area contributed by atoms with Crippen molar-refractivity contribution < 1.29 is 5.21 Å². The van der Waals surface area contributed by atoms with E-state index in [1.807, 2.05) is 84.9 Å². The van der Waals surface area contributed by atoms with Gasteiger partial charge in [0.1, 0.15) is 5.71 Å². The summed E-state index contributed by atoms with van der Waals surface area (Å²) < 4.78 is 0. The minimum atomic E-state index is 0.594. The van der Waals surface area contributed by atoms with E-state index in [4.69, 9.17) is 5.21 Å². The first-order valence-electron chi connectivity index (χ1n) is 7.59. The number of H-pyrrole nitrogens is 1. The summed E-state index contributed by atoms with van der Waals surface area (Å²) in [4.78, 5) is 7.07. The summed E-state index contributed by atoms with van der Waals surface area (Å²) >= 11 is 0. The molecule has 1 heterocycles. The molecule has 3 aromatic carbocycles. The number of imidazole rings is 1. The van der Waals surface area contributed by atoms with Crippen LogP contribution in [0.1, 0.15) is 11.1 Å². The van der Waals surface area contributed by atoms with Gasteiger partial charge in [-0.15, -0.1) is 0 Å². The number of oxime groups is 1. The number of hydrogen-bond acceptors (Lipinski definition) is 3. The molecular weight excluding hydrogens is 298 g/mol. The Morgan fingerprint density at radius 2 is 1.29 bits per heavy atom. The van der Waals surface area contributed by atoms with E-state index in [2.05, 4.69) is 15.1 Å². The highest BCUT2D eigenvalue weighted by Crippen LogP contribution is 2.10. The molecule has 4 nitrogen and oxygen atoms in total. The molecule has 0 bridgehead atoms. The highest BCUT2D eigenvalue weighted by Gasteiger charge is 2.05. The highest BCUT2D eigenvalue weighted by atomic mass is 16.4. The minimum absolute atomic E-state index is 0.594. The Morgan fingerprint density at radius 3 is 1.83 bits per heavy atom. The third-order valence-corrected chi connectivity index (χ3v) is 3.52. The lowest BCUT2D eigenvalue weighted by Gasteiger charge is -2.03. The van der Waals surface area contributed by atoms with Crippen molar-refractivity contribution in [2.45, 2.75) is 0 Å². The normalized spacial score (nSPS) is 9.83. The maximum atomic E-state index is 9.02. The number of hydrogen-bond donors (Lipinski definition) is 2. The zero-order valence-electron chi connectivity index (χ0n) is 13.0. The summed E-state index contributed by atoms with van der Waals surface area (Å²) in [6.07, 6.45) is 1.70. The smallest absolute Gasteiger partial charge is 0.117 e. The van der Waals surface area contributed by atoms with E-state index >= 15 is 0 Å². The molecule has 2 N–H and O–H groups in total. The molecule has 4 heteroatoms. The van der Waals surface area contributed by atoms with E-state index in [9.17, 15) is 0 Å². The molecule has 0 amide bonds. The zero-order valence-corrected chi connectivity index (χ0v) is 13.0. The van der Waals surface area contributed by atoms with Crippen molar-refractivity contribution in [2.24, 2.45) is 5.16 Å². The molecule has 0 saturated heterocycles. The van der Waals surface area contributed by atoms with Crippen molar-refractivity contribution >= 4 is 16.7 Å². The second-order valence-corrected chi connectivity index (χ2v) is 5.10. The van der Waals surface area contributed by atoms with Gasteiger partial charge in [-0.3, -0.25) is 0 Å². The topological polar surface area (TPSA) is 61.3 Å². The predicted molar refractivity (Wildman–Crippen MR) is 96.4 cm³/mol. The summed E-state index contributed by atoms with van der Waals surface area (Å²) in [5, 5.41) is 12.4. The molecule has 0 spiro atoms. The third-order valence-electron chi connectivity index (χ3n) is 3.52. The van der Waals surface area contributed by atoms with Crippen LogP contribution < -0.4 is 0 Å². The molecule has 118 valence electrons. The van der Waals surface area contributed by atoms with E-state index in [1.165, 1.54) is 0 Å². The van der Waals surface area contributed by atoms with Gasteiger partial charge in [0.15, 0.2) is 0 Å². The molecule has 0 fully saturated rings. The fourth-order valence-electron chi connectivity index (χ4n) is 2.35. The van der Waals surface area contributed by atoms with Crippen molar-refractivity contribution in [1.82, 2.24) is 9.97 Å². The Bertz CT molecular complexity index is 843. The van der Waals surface area contributed by atoms with Crippen LogP contribution in [-0.4, -0.2) is 20.9 Å². The summed E-state index contributed by atoms with van der Waals surface area (Å²) in [6.45, 7) is 0. The molecule has 1 aromatic heterocycles. The first kappa shape index (κ1) is 15.5. The Balaban J connectivity index is 0.000000159. The van der Waals surface area contributed by atoms with Crippen molar-refractivity contribution in [1.29, 1.82) is 0 Å². The second-order valence-electron chi connectivity index (χ2n) is 5.10. The molecule has 24 heavy (non-hydrogen) atoms.